The van der Waals surface area contributed by atoms with E-state index in [4.69, 9.17) is 14.2 Å². The maximum atomic E-state index is 11.7. The van der Waals surface area contributed by atoms with Crippen LogP contribution in [0.2, 0.25) is 0 Å². The number of piperidine rings is 1. The first-order valence-electron chi connectivity index (χ1n) is 11.1. The number of hydrogen-bond acceptors (Lipinski definition) is 7. The molecule has 0 saturated carbocycles. The second kappa shape index (κ2) is 13.6. The Labute approximate surface area is 191 Å². The molecular weight excluding hydrogens is 410 g/mol. The minimum Gasteiger partial charge on any atom is -0.495 e. The standard InChI is InChI=1S/C18H27N3O3.C6H10O2/c1-3-9-19-17(23)12-21-10-7-15(8-11-21)20-18-14(13-22)5-4-6-16(18)24-2;1-5(2)6-3-7-4-8-6/h3-6,15,20,22H,1,7-13H2,2H3,(H,19,23);3,5H,4H2,1-2H3. The largest absolute Gasteiger partial charge is 0.495 e. The van der Waals surface area contributed by atoms with E-state index in [1.807, 2.05) is 18.2 Å². The number of aliphatic hydroxyl groups excluding tert-OH is 1. The fraction of sp³-hybridized carbons (Fsp3) is 0.542. The van der Waals surface area contributed by atoms with Gasteiger partial charge < -0.3 is 30.0 Å². The van der Waals surface area contributed by atoms with E-state index in [1.165, 1.54) is 0 Å². The fourth-order valence-electron chi connectivity index (χ4n) is 3.48. The molecule has 0 radical (unpaired) electrons. The second-order valence-corrected chi connectivity index (χ2v) is 8.04. The van der Waals surface area contributed by atoms with Gasteiger partial charge in [0.1, 0.15) is 17.8 Å². The van der Waals surface area contributed by atoms with Crippen molar-refractivity contribution in [2.24, 2.45) is 5.92 Å². The highest BCUT2D eigenvalue weighted by Crippen LogP contribution is 2.30. The topological polar surface area (TPSA) is 92.3 Å². The van der Waals surface area contributed by atoms with Crippen molar-refractivity contribution in [1.29, 1.82) is 0 Å². The highest BCUT2D eigenvalue weighted by Gasteiger charge is 2.22. The number of methoxy groups -OCH3 is 1. The molecule has 2 aliphatic rings. The van der Waals surface area contributed by atoms with Gasteiger partial charge in [-0.05, 0) is 18.9 Å². The normalized spacial score (nSPS) is 16.2. The Hall–Kier alpha value is -2.71. The molecule has 8 heteroatoms. The van der Waals surface area contributed by atoms with E-state index in [2.05, 4.69) is 36.0 Å². The molecular formula is C24H37N3O5. The molecule has 2 heterocycles. The molecule has 0 aromatic heterocycles. The molecule has 0 aliphatic carbocycles. The quantitative estimate of drug-likeness (QED) is 0.501. The number of rotatable bonds is 9. The first-order valence-corrected chi connectivity index (χ1v) is 11.1. The van der Waals surface area contributed by atoms with E-state index in [1.54, 1.807) is 19.4 Å². The molecule has 0 spiro atoms. The van der Waals surface area contributed by atoms with Gasteiger partial charge in [0.25, 0.3) is 0 Å². The number of para-hydroxylation sites is 1. The predicted octanol–water partition coefficient (Wildman–Crippen LogP) is 2.85. The maximum absolute atomic E-state index is 11.7. The van der Waals surface area contributed by atoms with Crippen LogP contribution in [0.4, 0.5) is 5.69 Å². The van der Waals surface area contributed by atoms with Crippen LogP contribution >= 0.6 is 0 Å². The summed E-state index contributed by atoms with van der Waals surface area (Å²) in [6, 6.07) is 5.96. The molecule has 2 aliphatic heterocycles. The van der Waals surface area contributed by atoms with Gasteiger partial charge in [-0.15, -0.1) is 6.58 Å². The van der Waals surface area contributed by atoms with Crippen molar-refractivity contribution in [3.8, 4) is 5.75 Å². The van der Waals surface area contributed by atoms with Crippen LogP contribution in [-0.2, 0) is 20.9 Å². The van der Waals surface area contributed by atoms with E-state index in [0.717, 1.165) is 48.7 Å². The summed E-state index contributed by atoms with van der Waals surface area (Å²) in [4.78, 5) is 13.9. The van der Waals surface area contributed by atoms with Gasteiger partial charge >= 0.3 is 0 Å². The lowest BCUT2D eigenvalue weighted by atomic mass is 10.0. The third kappa shape index (κ3) is 8.09. The van der Waals surface area contributed by atoms with Crippen LogP contribution in [0, 0.1) is 5.92 Å². The summed E-state index contributed by atoms with van der Waals surface area (Å²) in [7, 11) is 1.63. The molecule has 1 saturated heterocycles. The number of ether oxygens (including phenoxy) is 3. The monoisotopic (exact) mass is 447 g/mol. The number of likely N-dealkylation sites (tertiary alicyclic amines) is 1. The minimum atomic E-state index is -0.0259. The van der Waals surface area contributed by atoms with Gasteiger partial charge in [0.2, 0.25) is 12.7 Å². The maximum Gasteiger partial charge on any atom is 0.234 e. The number of nitrogens with zero attached hydrogens (tertiary/aromatic N) is 1. The summed E-state index contributed by atoms with van der Waals surface area (Å²) in [5.74, 6) is 2.18. The molecule has 32 heavy (non-hydrogen) atoms. The first kappa shape index (κ1) is 25.5. The zero-order chi connectivity index (χ0) is 23.3. The minimum absolute atomic E-state index is 0.0259. The zero-order valence-electron chi connectivity index (χ0n) is 19.4. The molecule has 1 aromatic rings. The van der Waals surface area contributed by atoms with Crippen LogP contribution < -0.4 is 15.4 Å². The third-order valence-corrected chi connectivity index (χ3v) is 5.31. The highest BCUT2D eigenvalue weighted by molar-refractivity contribution is 5.78. The number of amides is 1. The summed E-state index contributed by atoms with van der Waals surface area (Å²) >= 11 is 0. The van der Waals surface area contributed by atoms with E-state index < -0.39 is 0 Å². The Kier molecular flexibility index (Phi) is 10.9. The summed E-state index contributed by atoms with van der Waals surface area (Å²) in [6.07, 6.45) is 5.24. The Bertz CT molecular complexity index is 736. The molecule has 1 aromatic carbocycles. The Morgan fingerprint density at radius 3 is 2.66 bits per heavy atom. The molecule has 178 valence electrons. The van der Waals surface area contributed by atoms with Crippen LogP contribution in [0.15, 0.2) is 42.9 Å². The average Bonchev–Trinajstić information content (AvgIpc) is 3.35. The van der Waals surface area contributed by atoms with Gasteiger partial charge in [-0.1, -0.05) is 32.1 Å². The molecule has 8 nitrogen and oxygen atoms in total. The predicted molar refractivity (Wildman–Crippen MR) is 125 cm³/mol. The molecule has 3 N–H and O–H groups in total. The average molecular weight is 448 g/mol. The Morgan fingerprint density at radius 2 is 2.12 bits per heavy atom. The van der Waals surface area contributed by atoms with Gasteiger partial charge in [-0.25, -0.2) is 0 Å². The molecule has 1 fully saturated rings. The summed E-state index contributed by atoms with van der Waals surface area (Å²) < 4.78 is 15.3. The van der Waals surface area contributed by atoms with Crippen molar-refractivity contribution in [2.75, 3.05) is 45.4 Å². The van der Waals surface area contributed by atoms with E-state index in [-0.39, 0.29) is 12.5 Å². The van der Waals surface area contributed by atoms with Crippen LogP contribution in [0.5, 0.6) is 5.75 Å². The van der Waals surface area contributed by atoms with Crippen molar-refractivity contribution in [3.05, 3.63) is 48.4 Å². The molecule has 0 atom stereocenters. The van der Waals surface area contributed by atoms with Gasteiger partial charge in [0.05, 0.1) is 25.9 Å². The van der Waals surface area contributed by atoms with Crippen LogP contribution in [0.3, 0.4) is 0 Å². The number of carbonyl (C=O) groups is 1. The van der Waals surface area contributed by atoms with Crippen LogP contribution in [0.25, 0.3) is 0 Å². The highest BCUT2D eigenvalue weighted by atomic mass is 16.7. The third-order valence-electron chi connectivity index (χ3n) is 5.31. The number of aliphatic hydroxyl groups is 1. The van der Waals surface area contributed by atoms with E-state index in [9.17, 15) is 9.90 Å². The van der Waals surface area contributed by atoms with Gasteiger partial charge in [-0.2, -0.15) is 0 Å². The van der Waals surface area contributed by atoms with Gasteiger partial charge in [-0.3, -0.25) is 9.69 Å². The number of anilines is 1. The zero-order valence-corrected chi connectivity index (χ0v) is 19.4. The van der Waals surface area contributed by atoms with Crippen molar-refractivity contribution < 1.29 is 24.1 Å². The van der Waals surface area contributed by atoms with Crippen molar-refractivity contribution in [1.82, 2.24) is 10.2 Å². The van der Waals surface area contributed by atoms with Gasteiger partial charge in [0, 0.05) is 37.2 Å². The summed E-state index contributed by atoms with van der Waals surface area (Å²) in [5.41, 5.74) is 1.70. The lowest BCUT2D eigenvalue weighted by Gasteiger charge is -2.33. The molecule has 3 rings (SSSR count). The van der Waals surface area contributed by atoms with Crippen molar-refractivity contribution in [3.63, 3.8) is 0 Å². The second-order valence-electron chi connectivity index (χ2n) is 8.04. The van der Waals surface area contributed by atoms with E-state index in [0.29, 0.717) is 31.8 Å². The smallest absolute Gasteiger partial charge is 0.234 e. The molecule has 1 amide bonds. The summed E-state index contributed by atoms with van der Waals surface area (Å²) in [6.45, 7) is 10.8. The van der Waals surface area contributed by atoms with Crippen LogP contribution in [0.1, 0.15) is 32.3 Å². The Balaban J connectivity index is 0.000000380. The Morgan fingerprint density at radius 1 is 1.38 bits per heavy atom. The van der Waals surface area contributed by atoms with Crippen molar-refractivity contribution in [2.45, 2.75) is 39.3 Å². The number of allylic oxidation sites excluding steroid dienone is 1. The number of nitrogens with one attached hydrogen (secondary N) is 2. The number of carbonyl (C=O) groups excluding carboxylic acids is 1. The van der Waals surface area contributed by atoms with Crippen molar-refractivity contribution >= 4 is 11.6 Å². The lowest BCUT2D eigenvalue weighted by Crippen LogP contribution is -2.44. The van der Waals surface area contributed by atoms with Gasteiger partial charge in [0.15, 0.2) is 0 Å². The molecule has 0 unspecified atom stereocenters. The number of hydrogen-bond donors (Lipinski definition) is 3. The molecule has 0 bridgehead atoms. The first-order chi connectivity index (χ1) is 15.5. The fourth-order valence-corrected chi connectivity index (χ4v) is 3.48. The number of benzene rings is 1. The lowest BCUT2D eigenvalue weighted by molar-refractivity contribution is -0.122. The SMILES string of the molecule is C=CCNC(=O)CN1CCC(Nc2c(CO)cccc2OC)CC1.CC(C)C1=COCO1. The van der Waals surface area contributed by atoms with E-state index >= 15 is 0 Å². The summed E-state index contributed by atoms with van der Waals surface area (Å²) in [5, 5.41) is 15.8. The van der Waals surface area contributed by atoms with Crippen LogP contribution in [-0.4, -0.2) is 62.0 Å².